The third-order valence-corrected chi connectivity index (χ3v) is 6.94. The zero-order chi connectivity index (χ0) is 22.5. The lowest BCUT2D eigenvalue weighted by Gasteiger charge is -2.34. The number of methoxy groups -OCH3 is 1. The van der Waals surface area contributed by atoms with E-state index in [1.54, 1.807) is 7.11 Å². The predicted octanol–water partition coefficient (Wildman–Crippen LogP) is 4.91. The first-order valence-electron chi connectivity index (χ1n) is 10.9. The summed E-state index contributed by atoms with van der Waals surface area (Å²) in [5, 5.41) is 2.02. The van der Waals surface area contributed by atoms with Crippen molar-refractivity contribution in [3.63, 3.8) is 0 Å². The van der Waals surface area contributed by atoms with Gasteiger partial charge in [0.25, 0.3) is 5.91 Å². The quantitative estimate of drug-likeness (QED) is 0.513. The molecule has 168 valence electrons. The van der Waals surface area contributed by atoms with Crippen molar-refractivity contribution in [3.8, 4) is 11.5 Å². The van der Waals surface area contributed by atoms with Crippen molar-refractivity contribution >= 4 is 17.2 Å². The topological polar surface area (TPSA) is 42.0 Å². The Balaban J connectivity index is 1.26. The minimum Gasteiger partial charge on any atom is -0.497 e. The number of amides is 1. The first-order chi connectivity index (χ1) is 15.5. The van der Waals surface area contributed by atoms with E-state index in [-0.39, 0.29) is 5.91 Å². The fourth-order valence-electron chi connectivity index (χ4n) is 3.79. The standard InChI is InChI=1S/C26H30N2O3S/c1-19-4-7-24(14-20(19)2)31-17-22-15-25(32-18-22)26(29)28-12-10-27(11-13-28)16-21-5-8-23(30-3)9-6-21/h4-9,14-15,18H,10-13,16-17H2,1-3H3. The third-order valence-electron chi connectivity index (χ3n) is 5.97. The number of benzene rings is 2. The Hall–Kier alpha value is -2.83. The molecule has 2 heterocycles. The summed E-state index contributed by atoms with van der Waals surface area (Å²) in [7, 11) is 1.68. The van der Waals surface area contributed by atoms with E-state index in [4.69, 9.17) is 9.47 Å². The SMILES string of the molecule is COc1ccc(CN2CCN(C(=O)c3cc(COc4ccc(C)c(C)c4)cs3)CC2)cc1. The van der Waals surface area contributed by atoms with Crippen LogP contribution in [0.2, 0.25) is 0 Å². The Morgan fingerprint density at radius 2 is 1.62 bits per heavy atom. The van der Waals surface area contributed by atoms with Gasteiger partial charge in [-0.1, -0.05) is 18.2 Å². The summed E-state index contributed by atoms with van der Waals surface area (Å²) in [6, 6.07) is 16.3. The second-order valence-corrected chi connectivity index (χ2v) is 9.18. The number of ether oxygens (including phenoxy) is 2. The minimum absolute atomic E-state index is 0.122. The van der Waals surface area contributed by atoms with Crippen molar-refractivity contribution in [3.05, 3.63) is 81.0 Å². The molecule has 2 aromatic carbocycles. The third kappa shape index (κ3) is 5.50. The molecule has 0 unspecified atom stereocenters. The van der Waals surface area contributed by atoms with Gasteiger partial charge in [-0.2, -0.15) is 0 Å². The molecule has 1 aliphatic rings. The molecule has 4 rings (SSSR count). The second kappa shape index (κ2) is 10.2. The van der Waals surface area contributed by atoms with Crippen molar-refractivity contribution in [1.82, 2.24) is 9.80 Å². The number of carbonyl (C=O) groups excluding carboxylic acids is 1. The largest absolute Gasteiger partial charge is 0.497 e. The number of nitrogens with zero attached hydrogens (tertiary/aromatic N) is 2. The molecule has 3 aromatic rings. The van der Waals surface area contributed by atoms with Crippen LogP contribution in [0.25, 0.3) is 0 Å². The van der Waals surface area contributed by atoms with Gasteiger partial charge >= 0.3 is 0 Å². The summed E-state index contributed by atoms with van der Waals surface area (Å²) in [5.74, 6) is 1.86. The van der Waals surface area contributed by atoms with Crippen molar-refractivity contribution < 1.29 is 14.3 Å². The Kier molecular flexibility index (Phi) is 7.12. The van der Waals surface area contributed by atoms with E-state index in [1.165, 1.54) is 28.0 Å². The molecule has 1 fully saturated rings. The molecular weight excluding hydrogens is 420 g/mol. The molecule has 0 saturated carbocycles. The number of piperazine rings is 1. The van der Waals surface area contributed by atoms with Crippen LogP contribution in [-0.2, 0) is 13.2 Å². The number of hydrogen-bond donors (Lipinski definition) is 0. The van der Waals surface area contributed by atoms with E-state index in [9.17, 15) is 4.79 Å². The normalized spacial score (nSPS) is 14.4. The monoisotopic (exact) mass is 450 g/mol. The maximum Gasteiger partial charge on any atom is 0.264 e. The van der Waals surface area contributed by atoms with Crippen LogP contribution in [-0.4, -0.2) is 49.0 Å². The molecule has 5 nitrogen and oxygen atoms in total. The Bertz CT molecular complexity index is 1050. The minimum atomic E-state index is 0.122. The first kappa shape index (κ1) is 22.4. The highest BCUT2D eigenvalue weighted by Gasteiger charge is 2.23. The van der Waals surface area contributed by atoms with Gasteiger partial charge in [0.05, 0.1) is 12.0 Å². The van der Waals surface area contributed by atoms with Crippen LogP contribution in [0.4, 0.5) is 0 Å². The number of carbonyl (C=O) groups is 1. The molecule has 1 amide bonds. The second-order valence-electron chi connectivity index (χ2n) is 8.27. The summed E-state index contributed by atoms with van der Waals surface area (Å²) in [5.41, 5.74) is 4.77. The molecule has 0 spiro atoms. The molecule has 0 bridgehead atoms. The number of aryl methyl sites for hydroxylation is 2. The summed E-state index contributed by atoms with van der Waals surface area (Å²) >= 11 is 1.50. The highest BCUT2D eigenvalue weighted by Crippen LogP contribution is 2.22. The summed E-state index contributed by atoms with van der Waals surface area (Å²) in [4.78, 5) is 18.1. The maximum absolute atomic E-state index is 13.0. The summed E-state index contributed by atoms with van der Waals surface area (Å²) in [6.45, 7) is 8.81. The van der Waals surface area contributed by atoms with Gasteiger partial charge in [0.2, 0.25) is 0 Å². The van der Waals surface area contributed by atoms with Crippen LogP contribution in [0.5, 0.6) is 11.5 Å². The first-order valence-corrected chi connectivity index (χ1v) is 11.8. The van der Waals surface area contributed by atoms with E-state index in [0.717, 1.165) is 54.7 Å². The van der Waals surface area contributed by atoms with Gasteiger partial charge in [-0.3, -0.25) is 9.69 Å². The molecule has 32 heavy (non-hydrogen) atoms. The van der Waals surface area contributed by atoms with E-state index in [0.29, 0.717) is 6.61 Å². The number of thiophene rings is 1. The molecule has 1 saturated heterocycles. The van der Waals surface area contributed by atoms with Crippen LogP contribution in [0.1, 0.15) is 31.9 Å². The van der Waals surface area contributed by atoms with Crippen LogP contribution in [0.3, 0.4) is 0 Å². The van der Waals surface area contributed by atoms with Crippen molar-refractivity contribution in [1.29, 1.82) is 0 Å². The highest BCUT2D eigenvalue weighted by molar-refractivity contribution is 7.12. The van der Waals surface area contributed by atoms with E-state index in [2.05, 4.69) is 43.0 Å². The Morgan fingerprint density at radius 1 is 0.906 bits per heavy atom. The van der Waals surface area contributed by atoms with Crippen molar-refractivity contribution in [2.45, 2.75) is 27.0 Å². The molecule has 0 N–H and O–H groups in total. The van der Waals surface area contributed by atoms with Gasteiger partial charge in [-0.05, 0) is 66.2 Å². The summed E-state index contributed by atoms with van der Waals surface area (Å²) < 4.78 is 11.1. The van der Waals surface area contributed by atoms with E-state index in [1.807, 2.05) is 34.5 Å². The van der Waals surface area contributed by atoms with Gasteiger partial charge < -0.3 is 14.4 Å². The lowest BCUT2D eigenvalue weighted by molar-refractivity contribution is 0.0633. The zero-order valence-corrected chi connectivity index (χ0v) is 19.8. The van der Waals surface area contributed by atoms with Crippen molar-refractivity contribution in [2.24, 2.45) is 0 Å². The molecule has 1 aromatic heterocycles. The fourth-order valence-corrected chi connectivity index (χ4v) is 4.65. The van der Waals surface area contributed by atoms with Crippen LogP contribution < -0.4 is 9.47 Å². The van der Waals surface area contributed by atoms with Crippen LogP contribution in [0, 0.1) is 13.8 Å². The maximum atomic E-state index is 13.0. The lowest BCUT2D eigenvalue weighted by Crippen LogP contribution is -2.48. The Labute approximate surface area is 194 Å². The van der Waals surface area contributed by atoms with Crippen LogP contribution >= 0.6 is 11.3 Å². The average Bonchev–Trinajstić information content (AvgIpc) is 3.29. The van der Waals surface area contributed by atoms with Crippen molar-refractivity contribution in [2.75, 3.05) is 33.3 Å². The summed E-state index contributed by atoms with van der Waals surface area (Å²) in [6.07, 6.45) is 0. The Morgan fingerprint density at radius 3 is 2.31 bits per heavy atom. The van der Waals surface area contributed by atoms with Gasteiger partial charge in [-0.25, -0.2) is 0 Å². The van der Waals surface area contributed by atoms with Gasteiger partial charge in [0.15, 0.2) is 0 Å². The molecule has 0 radical (unpaired) electrons. The predicted molar refractivity (Wildman–Crippen MR) is 129 cm³/mol. The molecule has 6 heteroatoms. The highest BCUT2D eigenvalue weighted by atomic mass is 32.1. The van der Waals surface area contributed by atoms with Crippen LogP contribution in [0.15, 0.2) is 53.9 Å². The molecule has 1 aliphatic heterocycles. The van der Waals surface area contributed by atoms with Gasteiger partial charge in [-0.15, -0.1) is 11.3 Å². The zero-order valence-electron chi connectivity index (χ0n) is 19.0. The van der Waals surface area contributed by atoms with E-state index < -0.39 is 0 Å². The lowest BCUT2D eigenvalue weighted by atomic mass is 10.1. The molecular formula is C26H30N2O3S. The number of rotatable bonds is 7. The van der Waals surface area contributed by atoms with Gasteiger partial charge in [0, 0.05) is 38.3 Å². The van der Waals surface area contributed by atoms with Gasteiger partial charge in [0.1, 0.15) is 18.1 Å². The number of hydrogen-bond acceptors (Lipinski definition) is 5. The average molecular weight is 451 g/mol. The fraction of sp³-hybridized carbons (Fsp3) is 0.346. The smallest absolute Gasteiger partial charge is 0.264 e. The van der Waals surface area contributed by atoms with E-state index >= 15 is 0 Å². The molecule has 0 atom stereocenters. The molecule has 0 aliphatic carbocycles.